The fourth-order valence-corrected chi connectivity index (χ4v) is 3.96. The number of rotatable bonds is 12. The second-order valence-corrected chi connectivity index (χ2v) is 8.69. The monoisotopic (exact) mass is 450 g/mol. The van der Waals surface area contributed by atoms with Crippen molar-refractivity contribution in [3.8, 4) is 5.75 Å². The van der Waals surface area contributed by atoms with Crippen LogP contribution < -0.4 is 9.64 Å². The van der Waals surface area contributed by atoms with Crippen LogP contribution in [0.3, 0.4) is 0 Å². The molecule has 7 heteroatoms. The molecule has 1 heterocycles. The van der Waals surface area contributed by atoms with Crippen molar-refractivity contribution in [3.63, 3.8) is 0 Å². The highest BCUT2D eigenvalue weighted by Crippen LogP contribution is 2.22. The van der Waals surface area contributed by atoms with Crippen LogP contribution in [-0.4, -0.2) is 33.0 Å². The molecule has 0 aliphatic heterocycles. The minimum atomic E-state index is 0.00148. The van der Waals surface area contributed by atoms with Crippen molar-refractivity contribution in [2.75, 3.05) is 17.2 Å². The summed E-state index contributed by atoms with van der Waals surface area (Å²) in [4.78, 5) is 14.7. The predicted molar refractivity (Wildman–Crippen MR) is 130 cm³/mol. The summed E-state index contributed by atoms with van der Waals surface area (Å²) in [6.07, 6.45) is 2.73. The third kappa shape index (κ3) is 6.72. The number of thioether (sulfide) groups is 1. The third-order valence-corrected chi connectivity index (χ3v) is 5.79. The van der Waals surface area contributed by atoms with Gasteiger partial charge in [0.25, 0.3) is 0 Å². The van der Waals surface area contributed by atoms with E-state index < -0.39 is 0 Å². The maximum Gasteiger partial charge on any atom is 0.237 e. The average molecular weight is 451 g/mol. The fourth-order valence-electron chi connectivity index (χ4n) is 3.10. The summed E-state index contributed by atoms with van der Waals surface area (Å²) in [7, 11) is 0. The van der Waals surface area contributed by atoms with Gasteiger partial charge < -0.3 is 14.2 Å². The van der Waals surface area contributed by atoms with Gasteiger partial charge in [-0.15, -0.1) is 16.8 Å². The number of hydrogen-bond acceptors (Lipinski definition) is 5. The van der Waals surface area contributed by atoms with Crippen molar-refractivity contribution in [3.05, 3.63) is 79.1 Å². The first-order valence-electron chi connectivity index (χ1n) is 10.8. The van der Waals surface area contributed by atoms with E-state index in [0.717, 1.165) is 35.4 Å². The highest BCUT2D eigenvalue weighted by molar-refractivity contribution is 7.99. The Bertz CT molecular complexity index is 990. The molecule has 1 amide bonds. The molecule has 0 unspecified atom stereocenters. The number of aromatic nitrogens is 3. The molecule has 6 nitrogen and oxygen atoms in total. The van der Waals surface area contributed by atoms with E-state index >= 15 is 0 Å². The van der Waals surface area contributed by atoms with E-state index in [4.69, 9.17) is 4.74 Å². The molecular weight excluding hydrogens is 420 g/mol. The van der Waals surface area contributed by atoms with Gasteiger partial charge in [0, 0.05) is 18.8 Å². The minimum absolute atomic E-state index is 0.00148. The number of hydrogen-bond donors (Lipinski definition) is 0. The van der Waals surface area contributed by atoms with E-state index in [-0.39, 0.29) is 11.7 Å². The van der Waals surface area contributed by atoms with Gasteiger partial charge in [0.05, 0.1) is 5.75 Å². The number of carbonyl (C=O) groups is 1. The number of amides is 1. The molecule has 32 heavy (non-hydrogen) atoms. The van der Waals surface area contributed by atoms with Gasteiger partial charge in [0.1, 0.15) is 12.4 Å². The van der Waals surface area contributed by atoms with Crippen LogP contribution in [0.4, 0.5) is 5.69 Å². The van der Waals surface area contributed by atoms with Crippen LogP contribution in [0.25, 0.3) is 0 Å². The summed E-state index contributed by atoms with van der Waals surface area (Å²) < 4.78 is 7.96. The molecule has 3 rings (SSSR count). The van der Waals surface area contributed by atoms with Gasteiger partial charge >= 0.3 is 0 Å². The Hall–Kier alpha value is -3.06. The van der Waals surface area contributed by atoms with Crippen molar-refractivity contribution < 1.29 is 9.53 Å². The zero-order chi connectivity index (χ0) is 22.8. The van der Waals surface area contributed by atoms with Crippen LogP contribution in [0.5, 0.6) is 5.75 Å². The molecule has 0 N–H and O–H groups in total. The highest BCUT2D eigenvalue weighted by Gasteiger charge is 2.19. The molecule has 0 aliphatic carbocycles. The van der Waals surface area contributed by atoms with E-state index in [0.29, 0.717) is 19.1 Å². The van der Waals surface area contributed by atoms with E-state index in [9.17, 15) is 4.79 Å². The Labute approximate surface area is 194 Å². The Morgan fingerprint density at radius 1 is 1.12 bits per heavy atom. The average Bonchev–Trinajstić information content (AvgIpc) is 3.21. The summed E-state index contributed by atoms with van der Waals surface area (Å²) >= 11 is 1.41. The number of nitrogens with zero attached hydrogens (tertiary/aromatic N) is 4. The lowest BCUT2D eigenvalue weighted by Gasteiger charge is -2.21. The van der Waals surface area contributed by atoms with Gasteiger partial charge in [-0.1, -0.05) is 68.1 Å². The predicted octanol–water partition coefficient (Wildman–Crippen LogP) is 5.21. The molecule has 3 aromatic rings. The van der Waals surface area contributed by atoms with Crippen molar-refractivity contribution in [2.45, 2.75) is 38.6 Å². The first-order valence-corrected chi connectivity index (χ1v) is 11.8. The van der Waals surface area contributed by atoms with Crippen LogP contribution in [0.15, 0.2) is 78.5 Å². The molecule has 0 bridgehead atoms. The van der Waals surface area contributed by atoms with Crippen LogP contribution in [-0.2, 0) is 17.9 Å². The van der Waals surface area contributed by atoms with Crippen LogP contribution in [0, 0.1) is 5.92 Å². The lowest BCUT2D eigenvalue weighted by Crippen LogP contribution is -2.32. The first kappa shape index (κ1) is 23.6. The number of ether oxygens (including phenoxy) is 1. The molecule has 0 aliphatic rings. The summed E-state index contributed by atoms with van der Waals surface area (Å²) in [6, 6.07) is 19.3. The lowest BCUT2D eigenvalue weighted by atomic mass is 10.1. The fraction of sp³-hybridized carbons (Fsp3) is 0.320. The summed E-state index contributed by atoms with van der Waals surface area (Å²) in [6.45, 7) is 9.74. The summed E-state index contributed by atoms with van der Waals surface area (Å²) in [5, 5.41) is 9.45. The Morgan fingerprint density at radius 2 is 1.81 bits per heavy atom. The molecule has 0 saturated heterocycles. The zero-order valence-corrected chi connectivity index (χ0v) is 19.5. The third-order valence-electron chi connectivity index (χ3n) is 4.84. The molecule has 0 spiro atoms. The number of anilines is 1. The van der Waals surface area contributed by atoms with Gasteiger partial charge in [-0.25, -0.2) is 0 Å². The Morgan fingerprint density at radius 3 is 2.47 bits per heavy atom. The normalized spacial score (nSPS) is 10.8. The van der Waals surface area contributed by atoms with E-state index in [1.54, 1.807) is 11.0 Å². The topological polar surface area (TPSA) is 60.3 Å². The number of carbonyl (C=O) groups excluding carboxylic acids is 1. The molecule has 1 aromatic heterocycles. The standard InChI is InChI=1S/C25H30N4O2S/c1-4-16-28(21-11-7-5-8-12-21)24(30)19-32-25-27-26-23(29(25)17-15-20(2)3)18-31-22-13-9-6-10-14-22/h4-14,20H,1,15-19H2,2-3H3. The van der Waals surface area contributed by atoms with Crippen molar-refractivity contribution in [1.82, 2.24) is 14.8 Å². The van der Waals surface area contributed by atoms with Gasteiger partial charge in [-0.2, -0.15) is 0 Å². The van der Waals surface area contributed by atoms with E-state index in [1.165, 1.54) is 11.8 Å². The van der Waals surface area contributed by atoms with Crippen molar-refractivity contribution in [1.29, 1.82) is 0 Å². The molecule has 0 atom stereocenters. The van der Waals surface area contributed by atoms with Gasteiger partial charge in [0.15, 0.2) is 11.0 Å². The molecule has 0 fully saturated rings. The summed E-state index contributed by atoms with van der Waals surface area (Å²) in [5.74, 6) is 2.36. The van der Waals surface area contributed by atoms with Crippen molar-refractivity contribution in [2.24, 2.45) is 5.92 Å². The molecule has 0 saturated carbocycles. The van der Waals surface area contributed by atoms with Crippen LogP contribution in [0.1, 0.15) is 26.1 Å². The lowest BCUT2D eigenvalue weighted by molar-refractivity contribution is -0.116. The SMILES string of the molecule is C=CCN(C(=O)CSc1nnc(COc2ccccc2)n1CCC(C)C)c1ccccc1. The number of para-hydroxylation sites is 2. The maximum absolute atomic E-state index is 13.0. The Balaban J connectivity index is 1.70. The van der Waals surface area contributed by atoms with Crippen molar-refractivity contribution >= 4 is 23.4 Å². The molecule has 2 aromatic carbocycles. The second-order valence-electron chi connectivity index (χ2n) is 7.75. The van der Waals surface area contributed by atoms with E-state index in [1.807, 2.05) is 60.7 Å². The summed E-state index contributed by atoms with van der Waals surface area (Å²) in [5.41, 5.74) is 0.858. The quantitative estimate of drug-likeness (QED) is 0.280. The number of benzene rings is 2. The second kappa shape index (κ2) is 12.1. The Kier molecular flexibility index (Phi) is 8.92. The molecule has 0 radical (unpaired) electrons. The largest absolute Gasteiger partial charge is 0.486 e. The van der Waals surface area contributed by atoms with Crippen LogP contribution >= 0.6 is 11.8 Å². The van der Waals surface area contributed by atoms with E-state index in [2.05, 4.69) is 35.2 Å². The first-order chi connectivity index (χ1) is 15.6. The van der Waals surface area contributed by atoms with Gasteiger partial charge in [-0.3, -0.25) is 4.79 Å². The zero-order valence-electron chi connectivity index (χ0n) is 18.7. The van der Waals surface area contributed by atoms with Gasteiger partial charge in [-0.05, 0) is 36.6 Å². The minimum Gasteiger partial charge on any atom is -0.486 e. The van der Waals surface area contributed by atoms with Gasteiger partial charge in [0.2, 0.25) is 5.91 Å². The molecular formula is C25H30N4O2S. The maximum atomic E-state index is 13.0. The smallest absolute Gasteiger partial charge is 0.237 e. The van der Waals surface area contributed by atoms with Crippen LogP contribution in [0.2, 0.25) is 0 Å². The molecule has 168 valence electrons. The highest BCUT2D eigenvalue weighted by atomic mass is 32.2.